The van der Waals surface area contributed by atoms with Crippen LogP contribution in [0.2, 0.25) is 0 Å². The molecule has 0 aliphatic heterocycles. The second-order valence-corrected chi connectivity index (χ2v) is 7.78. The van der Waals surface area contributed by atoms with Crippen molar-refractivity contribution < 1.29 is 14.5 Å². The predicted molar refractivity (Wildman–Crippen MR) is 118 cm³/mol. The standard InChI is InChI=1S/C21H23N5O4S/c1-4-15-5-8-17(9-6-15)30-12-19-23-24-21(25(19)3)31-13-20(27)22-18-10-7-16(26(28)29)11-14(18)2/h5-11H,4,12-13H2,1-3H3,(H,22,27). The quantitative estimate of drug-likeness (QED) is 0.304. The summed E-state index contributed by atoms with van der Waals surface area (Å²) in [7, 11) is 1.82. The third-order valence-electron chi connectivity index (χ3n) is 4.65. The molecule has 31 heavy (non-hydrogen) atoms. The number of nitro benzene ring substituents is 1. The van der Waals surface area contributed by atoms with Crippen molar-refractivity contribution in [2.24, 2.45) is 7.05 Å². The summed E-state index contributed by atoms with van der Waals surface area (Å²) < 4.78 is 7.56. The molecule has 162 valence electrons. The molecule has 1 N–H and O–H groups in total. The summed E-state index contributed by atoms with van der Waals surface area (Å²) in [4.78, 5) is 22.6. The Morgan fingerprint density at radius 2 is 1.97 bits per heavy atom. The highest BCUT2D eigenvalue weighted by Crippen LogP contribution is 2.22. The van der Waals surface area contributed by atoms with Gasteiger partial charge in [-0.05, 0) is 42.7 Å². The Labute approximate surface area is 184 Å². The normalized spacial score (nSPS) is 10.7. The first kappa shape index (κ1) is 22.3. The van der Waals surface area contributed by atoms with Gasteiger partial charge in [-0.15, -0.1) is 10.2 Å². The lowest BCUT2D eigenvalue weighted by Crippen LogP contribution is -2.15. The smallest absolute Gasteiger partial charge is 0.269 e. The maximum Gasteiger partial charge on any atom is 0.269 e. The number of hydrogen-bond acceptors (Lipinski definition) is 7. The third kappa shape index (κ3) is 5.82. The zero-order chi connectivity index (χ0) is 22.4. The molecule has 0 saturated carbocycles. The lowest BCUT2D eigenvalue weighted by atomic mass is 10.2. The molecule has 2 aromatic carbocycles. The van der Waals surface area contributed by atoms with E-state index in [1.54, 1.807) is 11.5 Å². The van der Waals surface area contributed by atoms with Crippen LogP contribution in [-0.2, 0) is 24.9 Å². The van der Waals surface area contributed by atoms with Crippen LogP contribution in [0.5, 0.6) is 5.75 Å². The van der Waals surface area contributed by atoms with E-state index in [4.69, 9.17) is 4.74 Å². The largest absolute Gasteiger partial charge is 0.486 e. The van der Waals surface area contributed by atoms with Crippen molar-refractivity contribution in [3.05, 3.63) is 69.5 Å². The van der Waals surface area contributed by atoms with Gasteiger partial charge < -0.3 is 14.6 Å². The van der Waals surface area contributed by atoms with E-state index in [0.29, 0.717) is 22.2 Å². The molecule has 1 aromatic heterocycles. The number of anilines is 1. The number of amides is 1. The lowest BCUT2D eigenvalue weighted by Gasteiger charge is -2.08. The molecule has 0 aliphatic carbocycles. The Hall–Kier alpha value is -3.40. The van der Waals surface area contributed by atoms with Crippen LogP contribution in [0.4, 0.5) is 11.4 Å². The van der Waals surface area contributed by atoms with E-state index in [1.165, 1.54) is 35.5 Å². The van der Waals surface area contributed by atoms with E-state index < -0.39 is 4.92 Å². The van der Waals surface area contributed by atoms with Crippen molar-refractivity contribution >= 4 is 29.0 Å². The molecular weight excluding hydrogens is 418 g/mol. The third-order valence-corrected chi connectivity index (χ3v) is 5.67. The van der Waals surface area contributed by atoms with E-state index in [1.807, 2.05) is 31.3 Å². The fourth-order valence-corrected chi connectivity index (χ4v) is 3.51. The van der Waals surface area contributed by atoms with Crippen LogP contribution in [0, 0.1) is 17.0 Å². The van der Waals surface area contributed by atoms with Gasteiger partial charge in [-0.3, -0.25) is 14.9 Å². The summed E-state index contributed by atoms with van der Waals surface area (Å²) in [5.74, 6) is 1.29. The number of ether oxygens (including phenoxy) is 1. The van der Waals surface area contributed by atoms with Gasteiger partial charge in [-0.2, -0.15) is 0 Å². The number of thioether (sulfide) groups is 1. The molecule has 0 aliphatic rings. The monoisotopic (exact) mass is 441 g/mol. The highest BCUT2D eigenvalue weighted by molar-refractivity contribution is 7.99. The fourth-order valence-electron chi connectivity index (χ4n) is 2.78. The SMILES string of the molecule is CCc1ccc(OCc2nnc(SCC(=O)Nc3ccc([N+](=O)[O-])cc3C)n2C)cc1. The number of benzene rings is 2. The van der Waals surface area contributed by atoms with Crippen LogP contribution in [0.1, 0.15) is 23.9 Å². The molecule has 1 heterocycles. The van der Waals surface area contributed by atoms with Crippen LogP contribution in [-0.4, -0.2) is 31.3 Å². The fraction of sp³-hybridized carbons (Fsp3) is 0.286. The first-order valence-corrected chi connectivity index (χ1v) is 10.6. The highest BCUT2D eigenvalue weighted by atomic mass is 32.2. The summed E-state index contributed by atoms with van der Waals surface area (Å²) >= 11 is 1.25. The molecule has 0 bridgehead atoms. The minimum atomic E-state index is -0.468. The van der Waals surface area contributed by atoms with Gasteiger partial charge in [-0.25, -0.2) is 0 Å². The second-order valence-electron chi connectivity index (χ2n) is 6.84. The zero-order valence-electron chi connectivity index (χ0n) is 17.5. The number of hydrogen-bond donors (Lipinski definition) is 1. The maximum atomic E-state index is 12.3. The number of carbonyl (C=O) groups is 1. The molecule has 0 atom stereocenters. The topological polar surface area (TPSA) is 112 Å². The number of nitrogens with one attached hydrogen (secondary N) is 1. The van der Waals surface area contributed by atoms with E-state index in [-0.39, 0.29) is 24.0 Å². The van der Waals surface area contributed by atoms with Crippen molar-refractivity contribution in [3.63, 3.8) is 0 Å². The number of aromatic nitrogens is 3. The molecule has 10 heteroatoms. The Kier molecular flexibility index (Phi) is 7.24. The highest BCUT2D eigenvalue weighted by Gasteiger charge is 2.14. The minimum absolute atomic E-state index is 0.0139. The molecule has 3 aromatic rings. The Balaban J connectivity index is 1.53. The van der Waals surface area contributed by atoms with Gasteiger partial charge in [-0.1, -0.05) is 30.8 Å². The van der Waals surface area contributed by atoms with Gasteiger partial charge in [0.2, 0.25) is 5.91 Å². The Bertz CT molecular complexity index is 1080. The number of nitrogens with zero attached hydrogens (tertiary/aromatic N) is 4. The van der Waals surface area contributed by atoms with Gasteiger partial charge in [0.25, 0.3) is 5.69 Å². The van der Waals surface area contributed by atoms with Gasteiger partial charge in [0.15, 0.2) is 11.0 Å². The van der Waals surface area contributed by atoms with E-state index in [2.05, 4.69) is 22.4 Å². The number of carbonyl (C=O) groups excluding carboxylic acids is 1. The number of aryl methyl sites for hydroxylation is 2. The maximum absolute atomic E-state index is 12.3. The summed E-state index contributed by atoms with van der Waals surface area (Å²) in [5, 5.41) is 22.4. The molecule has 0 fully saturated rings. The molecule has 9 nitrogen and oxygen atoms in total. The van der Waals surface area contributed by atoms with Crippen molar-refractivity contribution in [2.45, 2.75) is 32.0 Å². The van der Waals surface area contributed by atoms with Crippen LogP contribution in [0.3, 0.4) is 0 Å². The number of nitro groups is 1. The molecular formula is C21H23N5O4S. The first-order valence-electron chi connectivity index (χ1n) is 9.65. The average Bonchev–Trinajstić information content (AvgIpc) is 3.11. The molecule has 0 radical (unpaired) electrons. The number of rotatable bonds is 9. The molecule has 3 rings (SSSR count). The lowest BCUT2D eigenvalue weighted by molar-refractivity contribution is -0.384. The van der Waals surface area contributed by atoms with Crippen molar-refractivity contribution in [1.82, 2.24) is 14.8 Å². The van der Waals surface area contributed by atoms with Gasteiger partial charge in [0.1, 0.15) is 12.4 Å². The Morgan fingerprint density at radius 3 is 2.61 bits per heavy atom. The van der Waals surface area contributed by atoms with E-state index >= 15 is 0 Å². The summed E-state index contributed by atoms with van der Waals surface area (Å²) in [6, 6.07) is 12.2. The van der Waals surface area contributed by atoms with Crippen LogP contribution >= 0.6 is 11.8 Å². The number of non-ortho nitro benzene ring substituents is 1. The second kappa shape index (κ2) is 10.1. The first-order chi connectivity index (χ1) is 14.9. The minimum Gasteiger partial charge on any atom is -0.486 e. The van der Waals surface area contributed by atoms with Crippen LogP contribution in [0.15, 0.2) is 47.6 Å². The van der Waals surface area contributed by atoms with Gasteiger partial charge >= 0.3 is 0 Å². The predicted octanol–water partition coefficient (Wildman–Crippen LogP) is 3.90. The summed E-state index contributed by atoms with van der Waals surface area (Å²) in [5.41, 5.74) is 2.39. The van der Waals surface area contributed by atoms with Crippen molar-refractivity contribution in [2.75, 3.05) is 11.1 Å². The van der Waals surface area contributed by atoms with Gasteiger partial charge in [0.05, 0.1) is 10.7 Å². The summed E-state index contributed by atoms with van der Waals surface area (Å²) in [6.07, 6.45) is 0.974. The zero-order valence-corrected chi connectivity index (χ0v) is 18.3. The van der Waals surface area contributed by atoms with Crippen LogP contribution < -0.4 is 10.1 Å². The molecule has 1 amide bonds. The molecule has 0 unspecified atom stereocenters. The Morgan fingerprint density at radius 1 is 1.23 bits per heavy atom. The van der Waals surface area contributed by atoms with Gasteiger partial charge in [0, 0.05) is 24.9 Å². The van der Waals surface area contributed by atoms with E-state index in [9.17, 15) is 14.9 Å². The van der Waals surface area contributed by atoms with Crippen LogP contribution in [0.25, 0.3) is 0 Å². The average molecular weight is 442 g/mol. The molecule has 0 spiro atoms. The van der Waals surface area contributed by atoms with Crippen molar-refractivity contribution in [3.8, 4) is 5.75 Å². The van der Waals surface area contributed by atoms with Crippen molar-refractivity contribution in [1.29, 1.82) is 0 Å². The molecule has 0 saturated heterocycles. The summed E-state index contributed by atoms with van der Waals surface area (Å²) in [6.45, 7) is 4.08. The van der Waals surface area contributed by atoms with E-state index in [0.717, 1.165) is 12.2 Å².